The zero-order valence-corrected chi connectivity index (χ0v) is 10.5. The Labute approximate surface area is 103 Å². The van der Waals surface area contributed by atoms with Crippen LogP contribution in [-0.2, 0) is 11.3 Å². The van der Waals surface area contributed by atoms with Crippen molar-refractivity contribution in [2.24, 2.45) is 0 Å². The van der Waals surface area contributed by atoms with Gasteiger partial charge >= 0.3 is 0 Å². The third kappa shape index (κ3) is 1.55. The number of fused-ring (bicyclic) bond motifs is 3. The Bertz CT molecular complexity index is 480. The molecule has 2 aliphatic rings. The number of nitrogens with one attached hydrogen (secondary N) is 1. The van der Waals surface area contributed by atoms with E-state index in [4.69, 9.17) is 4.74 Å². The van der Waals surface area contributed by atoms with E-state index in [0.717, 1.165) is 18.7 Å². The Balaban J connectivity index is 2.13. The molecule has 90 valence electrons. The van der Waals surface area contributed by atoms with Gasteiger partial charge in [-0.3, -0.25) is 0 Å². The Morgan fingerprint density at radius 2 is 2.35 bits per heavy atom. The van der Waals surface area contributed by atoms with Crippen LogP contribution in [0.2, 0.25) is 0 Å². The van der Waals surface area contributed by atoms with E-state index in [1.807, 2.05) is 0 Å². The monoisotopic (exact) mass is 229 g/mol. The average Bonchev–Trinajstić information content (AvgIpc) is 2.70. The molecule has 0 bridgehead atoms. The van der Waals surface area contributed by atoms with Crippen molar-refractivity contribution >= 4 is 5.57 Å². The quantitative estimate of drug-likeness (QED) is 0.799. The van der Waals surface area contributed by atoms with E-state index in [-0.39, 0.29) is 5.60 Å². The summed E-state index contributed by atoms with van der Waals surface area (Å²) in [5.41, 5.74) is 5.15. The zero-order chi connectivity index (χ0) is 12.0. The standard InChI is InChI=1S/C15H19NO/c1-10(2)11-5-4-6-12-13(11)8-17-15(3)9-16-7-14(12)15/h4-6,14,16H,1,7-9H2,2-3H3/t14-,15+/m0/s1. The van der Waals surface area contributed by atoms with Crippen molar-refractivity contribution in [3.63, 3.8) is 0 Å². The largest absolute Gasteiger partial charge is 0.369 e. The van der Waals surface area contributed by atoms with Gasteiger partial charge in [0, 0.05) is 19.0 Å². The average molecular weight is 229 g/mol. The summed E-state index contributed by atoms with van der Waals surface area (Å²) in [5.74, 6) is 0.477. The molecule has 0 saturated carbocycles. The molecule has 0 aliphatic carbocycles. The van der Waals surface area contributed by atoms with Crippen LogP contribution in [0.1, 0.15) is 36.5 Å². The van der Waals surface area contributed by atoms with Crippen LogP contribution >= 0.6 is 0 Å². The highest BCUT2D eigenvalue weighted by atomic mass is 16.5. The molecule has 2 heteroatoms. The predicted octanol–water partition coefficient (Wildman–Crippen LogP) is 2.70. The Morgan fingerprint density at radius 1 is 1.53 bits per heavy atom. The molecule has 17 heavy (non-hydrogen) atoms. The molecule has 2 heterocycles. The first-order valence-electron chi connectivity index (χ1n) is 6.24. The molecule has 1 fully saturated rings. The van der Waals surface area contributed by atoms with E-state index in [9.17, 15) is 0 Å². The van der Waals surface area contributed by atoms with Crippen LogP contribution in [0.4, 0.5) is 0 Å². The number of ether oxygens (including phenoxy) is 1. The van der Waals surface area contributed by atoms with Gasteiger partial charge in [-0.2, -0.15) is 0 Å². The molecule has 0 radical (unpaired) electrons. The Kier molecular flexibility index (Phi) is 2.39. The van der Waals surface area contributed by atoms with E-state index in [0.29, 0.717) is 12.5 Å². The summed E-state index contributed by atoms with van der Waals surface area (Å²) in [6.45, 7) is 11.0. The van der Waals surface area contributed by atoms with E-state index < -0.39 is 0 Å². The fraction of sp³-hybridized carbons (Fsp3) is 0.467. The van der Waals surface area contributed by atoms with Crippen LogP contribution in [0.5, 0.6) is 0 Å². The van der Waals surface area contributed by atoms with Crippen molar-refractivity contribution < 1.29 is 4.74 Å². The normalized spacial score (nSPS) is 30.8. The summed E-state index contributed by atoms with van der Waals surface area (Å²) in [5, 5.41) is 3.45. The van der Waals surface area contributed by atoms with E-state index >= 15 is 0 Å². The van der Waals surface area contributed by atoms with Gasteiger partial charge in [-0.25, -0.2) is 0 Å². The lowest BCUT2D eigenvalue weighted by Crippen LogP contribution is -2.40. The van der Waals surface area contributed by atoms with Crippen LogP contribution in [0.3, 0.4) is 0 Å². The van der Waals surface area contributed by atoms with Gasteiger partial charge in [0.05, 0.1) is 12.2 Å². The SMILES string of the molecule is C=C(C)c1cccc2c1CO[C@]1(C)CNC[C@@H]21. The highest BCUT2D eigenvalue weighted by molar-refractivity contribution is 5.66. The first-order chi connectivity index (χ1) is 8.12. The molecule has 2 atom stereocenters. The maximum Gasteiger partial charge on any atom is 0.0863 e. The lowest BCUT2D eigenvalue weighted by atomic mass is 9.79. The molecule has 0 unspecified atom stereocenters. The molecule has 1 aromatic carbocycles. The molecule has 2 nitrogen and oxygen atoms in total. The van der Waals surface area contributed by atoms with Crippen molar-refractivity contribution in [3.8, 4) is 0 Å². The molecular formula is C15H19NO. The third-order valence-electron chi connectivity index (χ3n) is 4.16. The number of rotatable bonds is 1. The summed E-state index contributed by atoms with van der Waals surface area (Å²) < 4.78 is 6.10. The summed E-state index contributed by atoms with van der Waals surface area (Å²) >= 11 is 0. The molecule has 0 amide bonds. The number of allylic oxidation sites excluding steroid dienone is 1. The second kappa shape index (κ2) is 3.69. The maximum atomic E-state index is 6.10. The molecule has 1 aromatic rings. The molecule has 3 rings (SSSR count). The first kappa shape index (κ1) is 11.0. The smallest absolute Gasteiger partial charge is 0.0863 e. The molecule has 0 aromatic heterocycles. The van der Waals surface area contributed by atoms with Crippen LogP contribution in [-0.4, -0.2) is 18.7 Å². The van der Waals surface area contributed by atoms with Crippen molar-refractivity contribution in [2.45, 2.75) is 32.0 Å². The van der Waals surface area contributed by atoms with Crippen LogP contribution < -0.4 is 5.32 Å². The van der Waals surface area contributed by atoms with E-state index in [1.165, 1.54) is 16.7 Å². The van der Waals surface area contributed by atoms with Crippen LogP contribution in [0, 0.1) is 0 Å². The fourth-order valence-corrected chi connectivity index (χ4v) is 3.12. The minimum Gasteiger partial charge on any atom is -0.369 e. The Hall–Kier alpha value is -1.12. The second-order valence-corrected chi connectivity index (χ2v) is 5.44. The number of hydrogen-bond acceptors (Lipinski definition) is 2. The fourth-order valence-electron chi connectivity index (χ4n) is 3.12. The number of hydrogen-bond donors (Lipinski definition) is 1. The number of benzene rings is 1. The minimum absolute atomic E-state index is 0.0271. The highest BCUT2D eigenvalue weighted by Gasteiger charge is 2.44. The molecule has 1 saturated heterocycles. The van der Waals surface area contributed by atoms with Crippen LogP contribution in [0.25, 0.3) is 5.57 Å². The van der Waals surface area contributed by atoms with E-state index in [1.54, 1.807) is 0 Å². The van der Waals surface area contributed by atoms with Gasteiger partial charge in [-0.05, 0) is 30.5 Å². The van der Waals surface area contributed by atoms with Crippen molar-refractivity contribution in [1.29, 1.82) is 0 Å². The maximum absolute atomic E-state index is 6.10. The first-order valence-corrected chi connectivity index (χ1v) is 6.24. The van der Waals surface area contributed by atoms with Gasteiger partial charge in [-0.1, -0.05) is 30.4 Å². The van der Waals surface area contributed by atoms with Crippen molar-refractivity contribution in [1.82, 2.24) is 5.32 Å². The van der Waals surface area contributed by atoms with E-state index in [2.05, 4.69) is 43.9 Å². The summed E-state index contributed by atoms with van der Waals surface area (Å²) in [6, 6.07) is 6.54. The molecule has 0 spiro atoms. The van der Waals surface area contributed by atoms with Crippen LogP contribution in [0.15, 0.2) is 24.8 Å². The topological polar surface area (TPSA) is 21.3 Å². The summed E-state index contributed by atoms with van der Waals surface area (Å²) in [4.78, 5) is 0. The van der Waals surface area contributed by atoms with Gasteiger partial charge in [-0.15, -0.1) is 0 Å². The van der Waals surface area contributed by atoms with Crippen molar-refractivity contribution in [3.05, 3.63) is 41.5 Å². The molecule has 2 aliphatic heterocycles. The summed E-state index contributed by atoms with van der Waals surface area (Å²) in [6.07, 6.45) is 0. The van der Waals surface area contributed by atoms with Gasteiger partial charge < -0.3 is 10.1 Å². The minimum atomic E-state index is -0.0271. The molecular weight excluding hydrogens is 210 g/mol. The third-order valence-corrected chi connectivity index (χ3v) is 4.16. The molecule has 1 N–H and O–H groups in total. The Morgan fingerprint density at radius 3 is 3.12 bits per heavy atom. The van der Waals surface area contributed by atoms with Gasteiger partial charge in [0.1, 0.15) is 0 Å². The zero-order valence-electron chi connectivity index (χ0n) is 10.5. The van der Waals surface area contributed by atoms with Gasteiger partial charge in [0.2, 0.25) is 0 Å². The summed E-state index contributed by atoms with van der Waals surface area (Å²) in [7, 11) is 0. The predicted molar refractivity (Wildman–Crippen MR) is 70.0 cm³/mol. The lowest BCUT2D eigenvalue weighted by molar-refractivity contribution is -0.0518. The highest BCUT2D eigenvalue weighted by Crippen LogP contribution is 2.42. The van der Waals surface area contributed by atoms with Gasteiger partial charge in [0.25, 0.3) is 0 Å². The second-order valence-electron chi connectivity index (χ2n) is 5.44. The lowest BCUT2D eigenvalue weighted by Gasteiger charge is -2.38. The van der Waals surface area contributed by atoms with Crippen molar-refractivity contribution in [2.75, 3.05) is 13.1 Å². The van der Waals surface area contributed by atoms with Gasteiger partial charge in [0.15, 0.2) is 0 Å².